The molecule has 1 aromatic heterocycles. The molecule has 1 aromatic carbocycles. The standard InChI is InChI=1S/C16H15F3N4S/c1-3-9-24-15-21-14(11(2)22-23-15)7-8-20-13-6-4-5-12(10-13)16(17,18)19/h3-6,8,10H,1,7,9H2,2H3. The maximum Gasteiger partial charge on any atom is 0.416 e. The van der Waals surface area contributed by atoms with Crippen molar-refractivity contribution in [3.05, 3.63) is 53.9 Å². The summed E-state index contributed by atoms with van der Waals surface area (Å²) in [6.07, 6.45) is -0.758. The Labute approximate surface area is 141 Å². The van der Waals surface area contributed by atoms with Crippen molar-refractivity contribution in [1.29, 1.82) is 0 Å². The third-order valence-electron chi connectivity index (χ3n) is 2.96. The molecule has 0 N–H and O–H groups in total. The second kappa shape index (κ2) is 8.05. The lowest BCUT2D eigenvalue weighted by Crippen LogP contribution is -2.04. The van der Waals surface area contributed by atoms with E-state index in [-0.39, 0.29) is 5.69 Å². The first-order valence-corrected chi connectivity index (χ1v) is 8.02. The molecular weight excluding hydrogens is 337 g/mol. The molecule has 0 aliphatic rings. The average molecular weight is 352 g/mol. The van der Waals surface area contributed by atoms with E-state index in [1.54, 1.807) is 13.0 Å². The van der Waals surface area contributed by atoms with Crippen LogP contribution >= 0.6 is 11.8 Å². The first-order chi connectivity index (χ1) is 11.4. The summed E-state index contributed by atoms with van der Waals surface area (Å²) in [6.45, 7) is 5.40. The molecule has 1 heterocycles. The summed E-state index contributed by atoms with van der Waals surface area (Å²) in [5, 5.41) is 8.52. The van der Waals surface area contributed by atoms with Crippen LogP contribution < -0.4 is 0 Å². The van der Waals surface area contributed by atoms with Gasteiger partial charge in [0.25, 0.3) is 0 Å². The van der Waals surface area contributed by atoms with Crippen molar-refractivity contribution >= 4 is 23.7 Å². The van der Waals surface area contributed by atoms with Gasteiger partial charge in [-0.3, -0.25) is 4.99 Å². The number of benzene rings is 1. The molecule has 0 radical (unpaired) electrons. The summed E-state index contributed by atoms with van der Waals surface area (Å²) in [5.41, 5.74) is 0.867. The number of alkyl halides is 3. The third-order valence-corrected chi connectivity index (χ3v) is 3.80. The van der Waals surface area contributed by atoms with Crippen molar-refractivity contribution in [2.24, 2.45) is 4.99 Å². The van der Waals surface area contributed by atoms with Crippen molar-refractivity contribution in [3.8, 4) is 0 Å². The highest BCUT2D eigenvalue weighted by Crippen LogP contribution is 2.31. The van der Waals surface area contributed by atoms with Gasteiger partial charge in [0.1, 0.15) is 0 Å². The molecule has 2 rings (SSSR count). The quantitative estimate of drug-likeness (QED) is 0.439. The summed E-state index contributed by atoms with van der Waals surface area (Å²) in [6, 6.07) is 4.87. The Kier molecular flexibility index (Phi) is 6.08. The number of thioether (sulfide) groups is 1. The SMILES string of the molecule is C=CCSc1nnc(C)c(CC=Nc2cccc(C(F)(F)F)c2)n1. The lowest BCUT2D eigenvalue weighted by atomic mass is 10.2. The number of aliphatic imine (C=N–C) groups is 1. The summed E-state index contributed by atoms with van der Waals surface area (Å²) in [4.78, 5) is 8.44. The van der Waals surface area contributed by atoms with E-state index in [1.807, 2.05) is 0 Å². The van der Waals surface area contributed by atoms with Crippen LogP contribution in [0.5, 0.6) is 0 Å². The summed E-state index contributed by atoms with van der Waals surface area (Å²) in [5.74, 6) is 0.669. The topological polar surface area (TPSA) is 51.0 Å². The van der Waals surface area contributed by atoms with Crippen LogP contribution in [0.4, 0.5) is 18.9 Å². The predicted molar refractivity (Wildman–Crippen MR) is 88.8 cm³/mol. The van der Waals surface area contributed by atoms with Crippen LogP contribution in [0.2, 0.25) is 0 Å². The molecule has 0 aliphatic heterocycles. The van der Waals surface area contributed by atoms with Crippen LogP contribution in [0, 0.1) is 6.92 Å². The monoisotopic (exact) mass is 352 g/mol. The van der Waals surface area contributed by atoms with E-state index in [4.69, 9.17) is 0 Å². The number of rotatable bonds is 6. The number of aromatic nitrogens is 3. The van der Waals surface area contributed by atoms with Gasteiger partial charge in [0.15, 0.2) is 0 Å². The summed E-state index contributed by atoms with van der Waals surface area (Å²) >= 11 is 1.41. The highest BCUT2D eigenvalue weighted by molar-refractivity contribution is 7.99. The molecule has 0 saturated heterocycles. The van der Waals surface area contributed by atoms with Gasteiger partial charge in [-0.15, -0.1) is 11.7 Å². The molecule has 8 heteroatoms. The number of nitrogens with zero attached hydrogens (tertiary/aromatic N) is 4. The van der Waals surface area contributed by atoms with Gasteiger partial charge < -0.3 is 0 Å². The molecule has 0 spiro atoms. The normalized spacial score (nSPS) is 11.8. The van der Waals surface area contributed by atoms with E-state index < -0.39 is 11.7 Å². The minimum Gasteiger partial charge on any atom is -0.261 e. The molecule has 0 aliphatic carbocycles. The van der Waals surface area contributed by atoms with Crippen LogP contribution in [-0.4, -0.2) is 27.1 Å². The Balaban J connectivity index is 2.10. The van der Waals surface area contributed by atoms with Gasteiger partial charge in [-0.2, -0.15) is 18.3 Å². The second-order valence-electron chi connectivity index (χ2n) is 4.79. The van der Waals surface area contributed by atoms with E-state index in [0.29, 0.717) is 28.7 Å². The zero-order valence-electron chi connectivity index (χ0n) is 12.9. The maximum absolute atomic E-state index is 12.7. The Morgan fingerprint density at radius 2 is 2.08 bits per heavy atom. The van der Waals surface area contributed by atoms with E-state index in [9.17, 15) is 13.2 Å². The molecule has 0 saturated carbocycles. The zero-order chi connectivity index (χ0) is 17.6. The Morgan fingerprint density at radius 1 is 1.29 bits per heavy atom. The lowest BCUT2D eigenvalue weighted by molar-refractivity contribution is -0.137. The largest absolute Gasteiger partial charge is 0.416 e. The first-order valence-electron chi connectivity index (χ1n) is 7.04. The highest BCUT2D eigenvalue weighted by atomic mass is 32.2. The summed E-state index contributed by atoms with van der Waals surface area (Å²) < 4.78 is 38.0. The van der Waals surface area contributed by atoms with Crippen molar-refractivity contribution in [1.82, 2.24) is 15.2 Å². The molecular formula is C16H15F3N4S. The number of hydrogen-bond donors (Lipinski definition) is 0. The number of aryl methyl sites for hydroxylation is 1. The van der Waals surface area contributed by atoms with Gasteiger partial charge in [0.2, 0.25) is 5.16 Å². The molecule has 4 nitrogen and oxygen atoms in total. The molecule has 0 fully saturated rings. The van der Waals surface area contributed by atoms with Gasteiger partial charge in [0, 0.05) is 18.4 Å². The van der Waals surface area contributed by atoms with E-state index in [2.05, 4.69) is 26.8 Å². The summed E-state index contributed by atoms with van der Waals surface area (Å²) in [7, 11) is 0. The van der Waals surface area contributed by atoms with Crippen LogP contribution in [0.1, 0.15) is 17.0 Å². The van der Waals surface area contributed by atoms with Crippen molar-refractivity contribution < 1.29 is 13.2 Å². The molecule has 2 aromatic rings. The van der Waals surface area contributed by atoms with Crippen molar-refractivity contribution in [2.75, 3.05) is 5.75 Å². The Bertz CT molecular complexity index is 744. The van der Waals surface area contributed by atoms with Crippen LogP contribution in [-0.2, 0) is 12.6 Å². The van der Waals surface area contributed by atoms with E-state index in [0.717, 1.165) is 12.1 Å². The van der Waals surface area contributed by atoms with Gasteiger partial charge >= 0.3 is 6.18 Å². The molecule has 0 bridgehead atoms. The van der Waals surface area contributed by atoms with Crippen LogP contribution in [0.25, 0.3) is 0 Å². The van der Waals surface area contributed by atoms with Gasteiger partial charge in [-0.1, -0.05) is 23.9 Å². The number of hydrogen-bond acceptors (Lipinski definition) is 5. The maximum atomic E-state index is 12.7. The second-order valence-corrected chi connectivity index (χ2v) is 5.78. The van der Waals surface area contributed by atoms with Crippen LogP contribution in [0.3, 0.4) is 0 Å². The van der Waals surface area contributed by atoms with E-state index in [1.165, 1.54) is 30.1 Å². The fourth-order valence-corrected chi connectivity index (χ4v) is 2.32. The molecule has 126 valence electrons. The molecule has 0 amide bonds. The van der Waals surface area contributed by atoms with Gasteiger partial charge in [0.05, 0.1) is 22.6 Å². The minimum absolute atomic E-state index is 0.241. The lowest BCUT2D eigenvalue weighted by Gasteiger charge is -2.06. The smallest absolute Gasteiger partial charge is 0.261 e. The van der Waals surface area contributed by atoms with Gasteiger partial charge in [-0.25, -0.2) is 4.98 Å². The first kappa shape index (κ1) is 18.1. The van der Waals surface area contributed by atoms with Crippen LogP contribution in [0.15, 0.2) is 47.1 Å². The average Bonchev–Trinajstić information content (AvgIpc) is 2.55. The molecule has 0 atom stereocenters. The molecule has 24 heavy (non-hydrogen) atoms. The predicted octanol–water partition coefficient (Wildman–Crippen LogP) is 4.42. The zero-order valence-corrected chi connectivity index (χ0v) is 13.7. The number of halogens is 3. The Morgan fingerprint density at radius 3 is 2.79 bits per heavy atom. The van der Waals surface area contributed by atoms with Crippen molar-refractivity contribution in [2.45, 2.75) is 24.7 Å². The minimum atomic E-state index is -4.38. The van der Waals surface area contributed by atoms with E-state index >= 15 is 0 Å². The molecule has 0 unspecified atom stereocenters. The third kappa shape index (κ3) is 5.16. The fourth-order valence-electron chi connectivity index (χ4n) is 1.78. The van der Waals surface area contributed by atoms with Crippen molar-refractivity contribution in [3.63, 3.8) is 0 Å². The fraction of sp³-hybridized carbons (Fsp3) is 0.250. The Hall–Kier alpha value is -2.22. The van der Waals surface area contributed by atoms with Gasteiger partial charge in [-0.05, 0) is 25.1 Å². The highest BCUT2D eigenvalue weighted by Gasteiger charge is 2.30.